The van der Waals surface area contributed by atoms with Crippen LogP contribution >= 0.6 is 0 Å². The molecule has 0 saturated heterocycles. The zero-order valence-electron chi connectivity index (χ0n) is 30.4. The molecule has 0 N–H and O–H groups in total. The number of aromatic nitrogens is 1. The summed E-state index contributed by atoms with van der Waals surface area (Å²) in [5.74, 6) is 0. The molecule has 0 amide bonds. The van der Waals surface area contributed by atoms with Gasteiger partial charge in [0.05, 0.1) is 11.2 Å². The molecule has 9 rings (SSSR count). The third kappa shape index (κ3) is 5.25. The number of benzene rings is 5. The first-order valence-electron chi connectivity index (χ1n) is 17.4. The van der Waals surface area contributed by atoms with Gasteiger partial charge in [-0.15, -0.1) is 53.3 Å². The Morgan fingerprint density at radius 3 is 2.04 bits per heavy atom. The van der Waals surface area contributed by atoms with Gasteiger partial charge in [0, 0.05) is 27.7 Å². The molecule has 51 heavy (non-hydrogen) atoms. The monoisotopic (exact) mass is 849 g/mol. The van der Waals surface area contributed by atoms with Gasteiger partial charge in [0.1, 0.15) is 0 Å². The summed E-state index contributed by atoms with van der Waals surface area (Å²) in [5.41, 5.74) is 13.4. The minimum atomic E-state index is -0.0822. The fraction of sp³-hybridized carbons (Fsp3) is 0.227. The van der Waals surface area contributed by atoms with E-state index in [4.69, 9.17) is 0 Å². The average molecular weight is 850 g/mol. The summed E-state index contributed by atoms with van der Waals surface area (Å²) in [5, 5.41) is 2.51. The Balaban J connectivity index is 0.00000374. The van der Waals surface area contributed by atoms with Crippen LogP contribution in [-0.2, 0) is 31.9 Å². The predicted octanol–water partition coefficient (Wildman–Crippen LogP) is 10.8. The number of hydrogen-bond donors (Lipinski definition) is 0. The first kappa shape index (κ1) is 33.5. The predicted molar refractivity (Wildman–Crippen MR) is 209 cm³/mol. The first-order valence-corrected chi connectivity index (χ1v) is 17.4. The molecule has 0 saturated carbocycles. The fourth-order valence-electron chi connectivity index (χ4n) is 7.55. The minimum absolute atomic E-state index is 0. The van der Waals surface area contributed by atoms with Crippen LogP contribution in [0.25, 0.3) is 27.5 Å². The van der Waals surface area contributed by atoms with Gasteiger partial charge in [-0.25, -0.2) is 0 Å². The molecule has 0 unspecified atom stereocenters. The maximum absolute atomic E-state index is 3.95. The molecule has 0 fully saturated rings. The second kappa shape index (κ2) is 11.7. The number of anilines is 7. The van der Waals surface area contributed by atoms with Crippen LogP contribution in [0.1, 0.15) is 52.7 Å². The van der Waals surface area contributed by atoms with Crippen LogP contribution in [0, 0.1) is 25.5 Å². The van der Waals surface area contributed by atoms with Gasteiger partial charge < -0.3 is 29.1 Å². The van der Waals surface area contributed by atoms with Crippen molar-refractivity contribution in [2.75, 3.05) is 33.7 Å². The maximum Gasteiger partial charge on any atom is 4.00 e. The maximum atomic E-state index is 3.95. The third-order valence-corrected chi connectivity index (χ3v) is 10.3. The Hall–Kier alpha value is -4.67. The SMILES string of the molecule is CN1C=CN(c2[c-]c(N3c4[c-]c(N5[CH-]N(C)c6ccccc65)ccc4-n4c5ccc(C(C)(C)C)cc5c5cccc3c54)cc(C(C)(C)C)c2)[CH-]1.[Pt+4]. The molecule has 258 valence electrons. The summed E-state index contributed by atoms with van der Waals surface area (Å²) >= 11 is 0. The first-order chi connectivity index (χ1) is 23.9. The molecule has 5 aromatic carbocycles. The molecule has 3 aliphatic rings. The summed E-state index contributed by atoms with van der Waals surface area (Å²) < 4.78 is 2.45. The topological polar surface area (TPSA) is 21.1 Å². The molecule has 0 spiro atoms. The zero-order chi connectivity index (χ0) is 34.7. The quantitative estimate of drug-likeness (QED) is 0.165. The summed E-state index contributed by atoms with van der Waals surface area (Å²) in [7, 11) is 4.15. The Morgan fingerprint density at radius 1 is 0.588 bits per heavy atom. The van der Waals surface area contributed by atoms with Crippen LogP contribution in [0.3, 0.4) is 0 Å². The summed E-state index contributed by atoms with van der Waals surface area (Å²) in [6.45, 7) is 17.9. The van der Waals surface area contributed by atoms with Crippen LogP contribution in [0.2, 0.25) is 0 Å². The molecular formula is C44H42N6Pt. The minimum Gasteiger partial charge on any atom is -0.510 e. The molecular weight excluding hydrogens is 808 g/mol. The number of rotatable bonds is 3. The molecule has 1 aromatic heterocycles. The molecule has 3 aliphatic heterocycles. The Kier molecular flexibility index (Phi) is 7.67. The van der Waals surface area contributed by atoms with Crippen molar-refractivity contribution in [2.24, 2.45) is 0 Å². The summed E-state index contributed by atoms with van der Waals surface area (Å²) in [6, 6.07) is 39.2. The van der Waals surface area contributed by atoms with Crippen molar-refractivity contribution in [3.8, 4) is 5.69 Å². The molecule has 0 aliphatic carbocycles. The second-order valence-electron chi connectivity index (χ2n) is 15.9. The van der Waals surface area contributed by atoms with Crippen molar-refractivity contribution in [2.45, 2.75) is 52.4 Å². The Bertz CT molecular complexity index is 2370. The van der Waals surface area contributed by atoms with E-state index in [-0.39, 0.29) is 31.9 Å². The van der Waals surface area contributed by atoms with Gasteiger partial charge in [-0.2, -0.15) is 13.3 Å². The van der Waals surface area contributed by atoms with Gasteiger partial charge in [-0.1, -0.05) is 77.6 Å². The van der Waals surface area contributed by atoms with E-state index >= 15 is 0 Å². The largest absolute Gasteiger partial charge is 4.00 e. The fourth-order valence-corrected chi connectivity index (χ4v) is 7.55. The molecule has 0 bridgehead atoms. The van der Waals surface area contributed by atoms with Crippen molar-refractivity contribution in [1.82, 2.24) is 9.47 Å². The van der Waals surface area contributed by atoms with E-state index in [1.807, 2.05) is 0 Å². The zero-order valence-corrected chi connectivity index (χ0v) is 32.7. The Labute approximate surface area is 316 Å². The van der Waals surface area contributed by atoms with Crippen molar-refractivity contribution < 1.29 is 21.1 Å². The molecule has 6 aromatic rings. The second-order valence-corrected chi connectivity index (χ2v) is 15.9. The summed E-state index contributed by atoms with van der Waals surface area (Å²) in [4.78, 5) is 11.0. The molecule has 0 atom stereocenters. The van der Waals surface area contributed by atoms with E-state index < -0.39 is 0 Å². The smallest absolute Gasteiger partial charge is 0.510 e. The Morgan fingerprint density at radius 2 is 1.31 bits per heavy atom. The van der Waals surface area contributed by atoms with Gasteiger partial charge in [0.15, 0.2) is 0 Å². The number of para-hydroxylation sites is 3. The van der Waals surface area contributed by atoms with Crippen molar-refractivity contribution in [1.29, 1.82) is 0 Å². The van der Waals surface area contributed by atoms with Crippen LogP contribution in [0.5, 0.6) is 0 Å². The van der Waals surface area contributed by atoms with Gasteiger partial charge in [0.25, 0.3) is 0 Å². The van der Waals surface area contributed by atoms with Crippen LogP contribution in [-0.4, -0.2) is 23.6 Å². The average Bonchev–Trinajstić information content (AvgIpc) is 3.78. The van der Waals surface area contributed by atoms with Gasteiger partial charge in [-0.05, 0) is 84.6 Å². The van der Waals surface area contributed by atoms with Gasteiger partial charge in [-0.3, -0.25) is 0 Å². The van der Waals surface area contributed by atoms with Crippen molar-refractivity contribution in [3.05, 3.63) is 134 Å². The molecule has 6 nitrogen and oxygen atoms in total. The van der Waals surface area contributed by atoms with E-state index in [2.05, 4.69) is 208 Å². The van der Waals surface area contributed by atoms with Crippen LogP contribution in [0.4, 0.5) is 39.8 Å². The van der Waals surface area contributed by atoms with E-state index in [1.165, 1.54) is 38.6 Å². The van der Waals surface area contributed by atoms with Gasteiger partial charge in [0.2, 0.25) is 0 Å². The standard InChI is InChI=1S/C44H42N6.Pt/c1-43(2,3)29-16-18-36-35(24-29)34-12-11-15-40-42(34)50(36)39-19-17-31(48-28-46(8)37-13-9-10-14-38(37)48)26-41(39)49(40)33-23-30(44(4,5)6)22-32(25-33)47-21-20-45(7)27-47;/h9-24,27-28H,1-8H3;/q-4;+4. The summed E-state index contributed by atoms with van der Waals surface area (Å²) in [6.07, 6.45) is 4.17. The van der Waals surface area contributed by atoms with E-state index in [1.54, 1.807) is 0 Å². The van der Waals surface area contributed by atoms with Crippen LogP contribution < -0.4 is 19.6 Å². The van der Waals surface area contributed by atoms with Crippen LogP contribution in [0.15, 0.2) is 97.3 Å². The molecule has 4 heterocycles. The van der Waals surface area contributed by atoms with E-state index in [0.717, 1.165) is 39.8 Å². The molecule has 0 radical (unpaired) electrons. The third-order valence-electron chi connectivity index (χ3n) is 10.3. The number of nitrogens with zero attached hydrogens (tertiary/aromatic N) is 6. The normalized spacial score (nSPS) is 15.3. The van der Waals surface area contributed by atoms with Crippen molar-refractivity contribution in [3.63, 3.8) is 0 Å². The van der Waals surface area contributed by atoms with E-state index in [9.17, 15) is 0 Å². The molecule has 7 heteroatoms. The van der Waals surface area contributed by atoms with Crippen molar-refractivity contribution >= 4 is 61.6 Å². The van der Waals surface area contributed by atoms with Gasteiger partial charge >= 0.3 is 21.1 Å². The number of fused-ring (bicyclic) bond motifs is 6. The van der Waals surface area contributed by atoms with E-state index in [0.29, 0.717) is 0 Å². The number of hydrogen-bond acceptors (Lipinski definition) is 5.